The second-order valence-electron chi connectivity index (χ2n) is 3.52. The van der Waals surface area contributed by atoms with Crippen LogP contribution in [0, 0.1) is 17.5 Å². The summed E-state index contributed by atoms with van der Waals surface area (Å²) in [6.45, 7) is 0. The van der Waals surface area contributed by atoms with Crippen LogP contribution in [0.2, 0.25) is 5.02 Å². The molecule has 96 valence electrons. The van der Waals surface area contributed by atoms with E-state index in [9.17, 15) is 13.2 Å². The molecule has 0 bridgehead atoms. The molecular weight excluding hydrogens is 334 g/mol. The van der Waals surface area contributed by atoms with Crippen molar-refractivity contribution in [2.45, 2.75) is 0 Å². The van der Waals surface area contributed by atoms with Crippen LogP contribution in [0.5, 0.6) is 0 Å². The zero-order valence-corrected chi connectivity index (χ0v) is 11.3. The second kappa shape index (κ2) is 4.47. The van der Waals surface area contributed by atoms with E-state index in [4.69, 9.17) is 17.3 Å². The van der Waals surface area contributed by atoms with Crippen molar-refractivity contribution in [2.75, 3.05) is 5.73 Å². The Kier molecular flexibility index (Phi) is 3.29. The predicted octanol–water partition coefficient (Wildman–Crippen LogP) is 3.50. The molecule has 18 heavy (non-hydrogen) atoms. The molecule has 1 aromatic heterocycles. The number of aryl methyl sites for hydroxylation is 1. The van der Waals surface area contributed by atoms with E-state index in [1.807, 2.05) is 0 Å². The van der Waals surface area contributed by atoms with Gasteiger partial charge in [0, 0.05) is 13.1 Å². The lowest BCUT2D eigenvalue weighted by atomic mass is 10.1. The molecule has 0 saturated carbocycles. The lowest BCUT2D eigenvalue weighted by molar-refractivity contribution is 0.495. The molecule has 0 atom stereocenters. The van der Waals surface area contributed by atoms with Gasteiger partial charge in [-0.3, -0.25) is 4.68 Å². The summed E-state index contributed by atoms with van der Waals surface area (Å²) in [5.74, 6) is -3.61. The van der Waals surface area contributed by atoms with E-state index in [0.717, 1.165) is 0 Å². The molecule has 0 aliphatic carbocycles. The molecule has 2 rings (SSSR count). The van der Waals surface area contributed by atoms with Gasteiger partial charge in [0.1, 0.15) is 10.8 Å². The molecule has 0 aliphatic heterocycles. The number of rotatable bonds is 1. The SMILES string of the molecule is Cn1nc(-c2c(F)c(F)c(Cl)c(F)c2Br)cc1N. The summed E-state index contributed by atoms with van der Waals surface area (Å²) in [6, 6.07) is 1.30. The smallest absolute Gasteiger partial charge is 0.181 e. The number of halogens is 5. The van der Waals surface area contributed by atoms with Crippen molar-refractivity contribution in [3.05, 3.63) is 33.0 Å². The van der Waals surface area contributed by atoms with Gasteiger partial charge in [-0.2, -0.15) is 5.10 Å². The van der Waals surface area contributed by atoms with Gasteiger partial charge in [0.25, 0.3) is 0 Å². The summed E-state index contributed by atoms with van der Waals surface area (Å²) in [6.07, 6.45) is 0. The van der Waals surface area contributed by atoms with E-state index >= 15 is 0 Å². The van der Waals surface area contributed by atoms with Crippen LogP contribution in [0.15, 0.2) is 10.5 Å². The van der Waals surface area contributed by atoms with Gasteiger partial charge in [0.05, 0.1) is 15.7 Å². The minimum absolute atomic E-state index is 0.00819. The van der Waals surface area contributed by atoms with Crippen molar-refractivity contribution in [3.63, 3.8) is 0 Å². The zero-order valence-electron chi connectivity index (χ0n) is 8.94. The third kappa shape index (κ3) is 1.87. The number of nitrogen functional groups attached to an aromatic ring is 1. The maximum Gasteiger partial charge on any atom is 0.181 e. The summed E-state index contributed by atoms with van der Waals surface area (Å²) < 4.78 is 41.7. The van der Waals surface area contributed by atoms with E-state index < -0.39 is 22.5 Å². The molecule has 0 spiro atoms. The normalized spacial score (nSPS) is 11.0. The number of nitrogens with zero attached hydrogens (tertiary/aromatic N) is 2. The van der Waals surface area contributed by atoms with Crippen LogP contribution in [-0.4, -0.2) is 9.78 Å². The van der Waals surface area contributed by atoms with E-state index in [2.05, 4.69) is 21.0 Å². The Bertz CT molecular complexity index is 593. The minimum Gasteiger partial charge on any atom is -0.384 e. The lowest BCUT2D eigenvalue weighted by Gasteiger charge is -2.07. The lowest BCUT2D eigenvalue weighted by Crippen LogP contribution is -1.99. The fourth-order valence-corrected chi connectivity index (χ4v) is 2.30. The molecule has 3 nitrogen and oxygen atoms in total. The Balaban J connectivity index is 2.79. The quantitative estimate of drug-likeness (QED) is 0.638. The highest BCUT2D eigenvalue weighted by Gasteiger charge is 2.25. The fraction of sp³-hybridized carbons (Fsp3) is 0.100. The molecule has 8 heteroatoms. The van der Waals surface area contributed by atoms with E-state index in [-0.39, 0.29) is 21.5 Å². The molecule has 0 radical (unpaired) electrons. The van der Waals surface area contributed by atoms with Crippen LogP contribution in [0.1, 0.15) is 0 Å². The topological polar surface area (TPSA) is 43.8 Å². The van der Waals surface area contributed by atoms with E-state index in [1.165, 1.54) is 17.8 Å². The first-order valence-electron chi connectivity index (χ1n) is 4.66. The van der Waals surface area contributed by atoms with Gasteiger partial charge in [-0.1, -0.05) is 11.6 Å². The predicted molar refractivity (Wildman–Crippen MR) is 65.6 cm³/mol. The fourth-order valence-electron chi connectivity index (χ4n) is 1.43. The number of hydrogen-bond donors (Lipinski definition) is 1. The average Bonchev–Trinajstić information content (AvgIpc) is 2.64. The van der Waals surface area contributed by atoms with Crippen LogP contribution in [-0.2, 0) is 7.05 Å². The standard InChI is InChI=1S/C10H6BrClF3N3/c1-18-4(16)2-3(17-18)5-6(11)9(14)7(12)10(15)8(5)13/h2H,16H2,1H3. The number of nitrogens with two attached hydrogens (primary N) is 1. The monoisotopic (exact) mass is 339 g/mol. The van der Waals surface area contributed by atoms with Crippen molar-refractivity contribution in [3.8, 4) is 11.3 Å². The molecular formula is C10H6BrClF3N3. The third-order valence-electron chi connectivity index (χ3n) is 2.38. The first kappa shape index (κ1) is 13.2. The summed E-state index contributed by atoms with van der Waals surface area (Å²) in [5.41, 5.74) is 5.18. The zero-order chi connectivity index (χ0) is 13.6. The van der Waals surface area contributed by atoms with Crippen LogP contribution in [0.4, 0.5) is 19.0 Å². The van der Waals surface area contributed by atoms with Crippen molar-refractivity contribution in [1.29, 1.82) is 0 Å². The van der Waals surface area contributed by atoms with Gasteiger partial charge in [0.15, 0.2) is 17.5 Å². The van der Waals surface area contributed by atoms with Gasteiger partial charge in [0.2, 0.25) is 0 Å². The van der Waals surface area contributed by atoms with E-state index in [0.29, 0.717) is 0 Å². The van der Waals surface area contributed by atoms with Gasteiger partial charge < -0.3 is 5.73 Å². The summed E-state index contributed by atoms with van der Waals surface area (Å²) in [4.78, 5) is 0. The molecule has 0 saturated heterocycles. The Morgan fingerprint density at radius 3 is 2.39 bits per heavy atom. The average molecular weight is 341 g/mol. The minimum atomic E-state index is -1.46. The van der Waals surface area contributed by atoms with Crippen molar-refractivity contribution in [2.24, 2.45) is 7.05 Å². The van der Waals surface area contributed by atoms with Crippen LogP contribution < -0.4 is 5.73 Å². The molecule has 0 aliphatic rings. The maximum absolute atomic E-state index is 13.8. The third-order valence-corrected chi connectivity index (χ3v) is 3.46. The summed E-state index contributed by atoms with van der Waals surface area (Å²) >= 11 is 8.14. The number of benzene rings is 1. The van der Waals surface area contributed by atoms with Crippen LogP contribution in [0.3, 0.4) is 0 Å². The van der Waals surface area contributed by atoms with E-state index in [1.54, 1.807) is 0 Å². The van der Waals surface area contributed by atoms with Crippen LogP contribution in [0.25, 0.3) is 11.3 Å². The molecule has 2 N–H and O–H groups in total. The molecule has 0 unspecified atom stereocenters. The highest BCUT2D eigenvalue weighted by Crippen LogP contribution is 2.38. The molecule has 2 aromatic rings. The second-order valence-corrected chi connectivity index (χ2v) is 4.69. The Morgan fingerprint density at radius 1 is 1.28 bits per heavy atom. The van der Waals surface area contributed by atoms with Gasteiger partial charge in [-0.05, 0) is 15.9 Å². The number of anilines is 1. The largest absolute Gasteiger partial charge is 0.384 e. The highest BCUT2D eigenvalue weighted by molar-refractivity contribution is 9.10. The van der Waals surface area contributed by atoms with Gasteiger partial charge in [-0.15, -0.1) is 0 Å². The molecule has 0 fully saturated rings. The molecule has 1 heterocycles. The first-order chi connectivity index (χ1) is 8.34. The van der Waals surface area contributed by atoms with Gasteiger partial charge in [-0.25, -0.2) is 13.2 Å². The number of aromatic nitrogens is 2. The van der Waals surface area contributed by atoms with Crippen molar-refractivity contribution < 1.29 is 13.2 Å². The molecule has 1 aromatic carbocycles. The Labute approximate surface area is 113 Å². The summed E-state index contributed by atoms with van der Waals surface area (Å²) in [7, 11) is 1.52. The van der Waals surface area contributed by atoms with Crippen LogP contribution >= 0.6 is 27.5 Å². The Morgan fingerprint density at radius 2 is 1.89 bits per heavy atom. The first-order valence-corrected chi connectivity index (χ1v) is 5.83. The van der Waals surface area contributed by atoms with Crippen molar-refractivity contribution in [1.82, 2.24) is 9.78 Å². The van der Waals surface area contributed by atoms with Gasteiger partial charge >= 0.3 is 0 Å². The highest BCUT2D eigenvalue weighted by atomic mass is 79.9. The van der Waals surface area contributed by atoms with Crippen molar-refractivity contribution >= 4 is 33.3 Å². The molecule has 0 amide bonds. The maximum atomic E-state index is 13.8. The summed E-state index contributed by atoms with van der Waals surface area (Å²) in [5, 5.41) is 2.95. The number of hydrogen-bond acceptors (Lipinski definition) is 2. The Hall–Kier alpha value is -1.21.